The van der Waals surface area contributed by atoms with Gasteiger partial charge in [0.05, 0.1) is 0 Å². The predicted octanol–water partition coefficient (Wildman–Crippen LogP) is 8.91. The summed E-state index contributed by atoms with van der Waals surface area (Å²) < 4.78 is 0. The number of aliphatic carboxylic acids is 1. The number of hydrogen-bond acceptors (Lipinski definition) is 3. The molecule has 1 unspecified atom stereocenters. The van der Waals surface area contributed by atoms with Crippen molar-refractivity contribution >= 4 is 29.1 Å². The number of thioether (sulfide) groups is 1. The second kappa shape index (κ2) is 15.5. The number of carbonyl (C=O) groups is 1. The highest BCUT2D eigenvalue weighted by Gasteiger charge is 2.16. The molecule has 1 heterocycles. The van der Waals surface area contributed by atoms with Crippen LogP contribution in [0.5, 0.6) is 0 Å². The second-order valence-electron chi connectivity index (χ2n) is 8.09. The van der Waals surface area contributed by atoms with E-state index in [0.717, 1.165) is 19.3 Å². The summed E-state index contributed by atoms with van der Waals surface area (Å²) >= 11 is 3.88. The maximum atomic E-state index is 10.8. The number of carboxylic acid groups (broad SMARTS) is 1. The smallest absolute Gasteiger partial charge is 0.303 e. The fraction of sp³-hybridized carbons (Fsp3) is 0.577. The van der Waals surface area contributed by atoms with Gasteiger partial charge in [0.15, 0.2) is 0 Å². The van der Waals surface area contributed by atoms with E-state index >= 15 is 0 Å². The number of benzene rings is 1. The van der Waals surface area contributed by atoms with Gasteiger partial charge in [0, 0.05) is 26.3 Å². The number of thiophene rings is 1. The molecule has 1 aromatic heterocycles. The Hall–Kier alpha value is -1.26. The van der Waals surface area contributed by atoms with Gasteiger partial charge in [-0.25, -0.2) is 0 Å². The topological polar surface area (TPSA) is 37.3 Å². The van der Waals surface area contributed by atoms with Crippen LogP contribution < -0.4 is 0 Å². The van der Waals surface area contributed by atoms with Gasteiger partial charge in [0.25, 0.3) is 0 Å². The molecule has 0 fully saturated rings. The third-order valence-corrected chi connectivity index (χ3v) is 8.13. The lowest BCUT2D eigenvalue weighted by molar-refractivity contribution is -0.137. The number of rotatable bonds is 17. The monoisotopic (exact) mass is 446 g/mol. The van der Waals surface area contributed by atoms with Crippen LogP contribution in [0.2, 0.25) is 0 Å². The average molecular weight is 447 g/mol. The zero-order chi connectivity index (χ0) is 21.4. The van der Waals surface area contributed by atoms with Crippen molar-refractivity contribution in [3.05, 3.63) is 52.2 Å². The molecule has 0 radical (unpaired) electrons. The quantitative estimate of drug-likeness (QED) is 0.195. The summed E-state index contributed by atoms with van der Waals surface area (Å²) in [6.07, 6.45) is 15.1. The van der Waals surface area contributed by atoms with Crippen LogP contribution >= 0.6 is 23.1 Å². The number of carboxylic acids is 1. The second-order valence-corrected chi connectivity index (χ2v) is 10.6. The van der Waals surface area contributed by atoms with Gasteiger partial charge in [-0.1, -0.05) is 76.5 Å². The van der Waals surface area contributed by atoms with E-state index < -0.39 is 5.97 Å². The van der Waals surface area contributed by atoms with E-state index in [4.69, 9.17) is 5.11 Å². The van der Waals surface area contributed by atoms with Gasteiger partial charge in [0.1, 0.15) is 0 Å². The summed E-state index contributed by atoms with van der Waals surface area (Å²) in [6, 6.07) is 15.2. The molecule has 0 bridgehead atoms. The molecule has 4 heteroatoms. The van der Waals surface area contributed by atoms with Crippen molar-refractivity contribution in [3.63, 3.8) is 0 Å². The standard InChI is InChI=1S/C26H38O2S2/c1-2-3-4-5-6-7-8-10-17-23-20-21-25(30-23)24(18-13-14-19-26(27)28)29-22-15-11-9-12-16-22/h9,11-12,15-16,20-21,24H,2-8,10,13-14,17-19H2,1H3,(H,27,28). The molecule has 166 valence electrons. The van der Waals surface area contributed by atoms with E-state index in [0.29, 0.717) is 5.25 Å². The minimum absolute atomic E-state index is 0.275. The van der Waals surface area contributed by atoms with Crippen molar-refractivity contribution in [2.45, 2.75) is 101 Å². The largest absolute Gasteiger partial charge is 0.481 e. The maximum absolute atomic E-state index is 10.8. The molecule has 30 heavy (non-hydrogen) atoms. The minimum Gasteiger partial charge on any atom is -0.481 e. The van der Waals surface area contributed by atoms with Crippen LogP contribution in [-0.4, -0.2) is 11.1 Å². The molecule has 0 aliphatic rings. The van der Waals surface area contributed by atoms with E-state index in [1.165, 1.54) is 72.4 Å². The highest BCUT2D eigenvalue weighted by atomic mass is 32.2. The van der Waals surface area contributed by atoms with Gasteiger partial charge >= 0.3 is 5.97 Å². The molecule has 2 aromatic rings. The third kappa shape index (κ3) is 10.7. The van der Waals surface area contributed by atoms with Crippen molar-refractivity contribution in [2.75, 3.05) is 0 Å². The Morgan fingerprint density at radius 1 is 0.900 bits per heavy atom. The molecule has 2 nitrogen and oxygen atoms in total. The molecular weight excluding hydrogens is 408 g/mol. The van der Waals surface area contributed by atoms with Crippen molar-refractivity contribution in [2.24, 2.45) is 0 Å². The lowest BCUT2D eigenvalue weighted by Gasteiger charge is -2.15. The van der Waals surface area contributed by atoms with Crippen molar-refractivity contribution in [3.8, 4) is 0 Å². The Balaban J connectivity index is 1.80. The van der Waals surface area contributed by atoms with Crippen LogP contribution in [0.1, 0.15) is 99.0 Å². The van der Waals surface area contributed by atoms with Crippen molar-refractivity contribution in [1.29, 1.82) is 0 Å². The first-order valence-electron chi connectivity index (χ1n) is 11.7. The molecule has 0 aliphatic carbocycles. The van der Waals surface area contributed by atoms with Crippen molar-refractivity contribution in [1.82, 2.24) is 0 Å². The zero-order valence-corrected chi connectivity index (χ0v) is 20.1. The predicted molar refractivity (Wildman–Crippen MR) is 132 cm³/mol. The third-order valence-electron chi connectivity index (χ3n) is 5.41. The van der Waals surface area contributed by atoms with Gasteiger partial charge in [-0.2, -0.15) is 0 Å². The van der Waals surface area contributed by atoms with Gasteiger partial charge in [-0.15, -0.1) is 23.1 Å². The first kappa shape index (κ1) is 25.0. The van der Waals surface area contributed by atoms with Gasteiger partial charge in [-0.3, -0.25) is 4.79 Å². The summed E-state index contributed by atoms with van der Waals surface area (Å²) in [5.74, 6) is -0.689. The van der Waals surface area contributed by atoms with Gasteiger partial charge in [-0.05, 0) is 49.9 Å². The Labute approximate surface area is 191 Å². The highest BCUT2D eigenvalue weighted by Crippen LogP contribution is 2.42. The van der Waals surface area contributed by atoms with E-state index in [9.17, 15) is 4.79 Å². The molecular formula is C26H38O2S2. The summed E-state index contributed by atoms with van der Waals surface area (Å²) in [5.41, 5.74) is 0. The molecule has 1 aromatic carbocycles. The molecule has 1 atom stereocenters. The molecule has 0 saturated carbocycles. The normalized spacial score (nSPS) is 12.2. The Kier molecular flexibility index (Phi) is 12.9. The van der Waals surface area contributed by atoms with Crippen LogP contribution in [0.25, 0.3) is 0 Å². The number of unbranched alkanes of at least 4 members (excludes halogenated alkanes) is 8. The fourth-order valence-corrected chi connectivity index (χ4v) is 6.14. The molecule has 0 saturated heterocycles. The summed E-state index contributed by atoms with van der Waals surface area (Å²) in [7, 11) is 0. The molecule has 0 amide bonds. The van der Waals surface area contributed by atoms with Crippen molar-refractivity contribution < 1.29 is 9.90 Å². The summed E-state index contributed by atoms with van der Waals surface area (Å²) in [5, 5.41) is 9.32. The first-order valence-corrected chi connectivity index (χ1v) is 13.4. The van der Waals surface area contributed by atoms with Crippen LogP contribution in [0, 0.1) is 0 Å². The van der Waals surface area contributed by atoms with E-state index in [-0.39, 0.29) is 6.42 Å². The zero-order valence-electron chi connectivity index (χ0n) is 18.5. The highest BCUT2D eigenvalue weighted by molar-refractivity contribution is 7.99. The minimum atomic E-state index is -0.689. The van der Waals surface area contributed by atoms with Crippen LogP contribution in [-0.2, 0) is 11.2 Å². The van der Waals surface area contributed by atoms with Crippen LogP contribution in [0.3, 0.4) is 0 Å². The summed E-state index contributed by atoms with van der Waals surface area (Å²) in [6.45, 7) is 2.27. The SMILES string of the molecule is CCCCCCCCCCc1ccc(C(CCCCC(=O)O)Sc2ccccc2)s1. The average Bonchev–Trinajstić information content (AvgIpc) is 3.21. The Morgan fingerprint density at radius 3 is 2.30 bits per heavy atom. The van der Waals surface area contributed by atoms with Gasteiger partial charge in [0.2, 0.25) is 0 Å². The molecule has 1 N–H and O–H groups in total. The first-order chi connectivity index (χ1) is 14.7. The Bertz CT molecular complexity index is 696. The number of aryl methyl sites for hydroxylation is 1. The molecule has 0 spiro atoms. The molecule has 2 rings (SSSR count). The number of hydrogen-bond donors (Lipinski definition) is 1. The fourth-order valence-electron chi connectivity index (χ4n) is 3.66. The van der Waals surface area contributed by atoms with Crippen LogP contribution in [0.15, 0.2) is 47.4 Å². The maximum Gasteiger partial charge on any atom is 0.303 e. The molecule has 0 aliphatic heterocycles. The van der Waals surface area contributed by atoms with Crippen LogP contribution in [0.4, 0.5) is 0 Å². The lowest BCUT2D eigenvalue weighted by atomic mass is 10.1. The Morgan fingerprint density at radius 2 is 1.60 bits per heavy atom. The van der Waals surface area contributed by atoms with E-state index in [1.807, 2.05) is 23.1 Å². The summed E-state index contributed by atoms with van der Waals surface area (Å²) in [4.78, 5) is 15.0. The lowest BCUT2D eigenvalue weighted by Crippen LogP contribution is -1.96. The van der Waals surface area contributed by atoms with E-state index in [1.54, 1.807) is 0 Å². The van der Waals surface area contributed by atoms with E-state index in [2.05, 4.69) is 49.4 Å². The van der Waals surface area contributed by atoms with Gasteiger partial charge < -0.3 is 5.11 Å².